The zero-order chi connectivity index (χ0) is 23.0. The molecule has 0 spiro atoms. The molecule has 0 bridgehead atoms. The second-order valence-electron chi connectivity index (χ2n) is 8.38. The van der Waals surface area contributed by atoms with Gasteiger partial charge in [0.1, 0.15) is 5.82 Å². The Morgan fingerprint density at radius 3 is 2.16 bits per heavy atom. The summed E-state index contributed by atoms with van der Waals surface area (Å²) in [5, 5.41) is 2.93. The Morgan fingerprint density at radius 2 is 1.53 bits per heavy atom. The van der Waals surface area contributed by atoms with E-state index in [1.807, 2.05) is 0 Å². The van der Waals surface area contributed by atoms with Crippen LogP contribution >= 0.6 is 0 Å². The van der Waals surface area contributed by atoms with Crippen LogP contribution in [-0.4, -0.2) is 58.6 Å². The maximum absolute atomic E-state index is 13.0. The molecule has 2 aromatic carbocycles. The number of benzene rings is 2. The molecule has 7 nitrogen and oxygen atoms in total. The van der Waals surface area contributed by atoms with E-state index >= 15 is 0 Å². The minimum absolute atomic E-state index is 0.0876. The van der Waals surface area contributed by atoms with Crippen LogP contribution in [-0.2, 0) is 0 Å². The molecule has 0 aliphatic carbocycles. The number of rotatable bonds is 4. The molecule has 1 fully saturated rings. The molecule has 0 saturated carbocycles. The highest BCUT2D eigenvalue weighted by atomic mass is 19.1. The van der Waals surface area contributed by atoms with Crippen LogP contribution in [0.25, 0.3) is 0 Å². The molecule has 166 valence electrons. The Kier molecular flexibility index (Phi) is 5.78. The first kappa shape index (κ1) is 21.7. The molecule has 0 aromatic heterocycles. The minimum Gasteiger partial charge on any atom is -0.349 e. The van der Waals surface area contributed by atoms with Crippen LogP contribution in [0.4, 0.5) is 4.39 Å². The molecule has 4 rings (SSSR count). The van der Waals surface area contributed by atoms with Gasteiger partial charge in [-0.2, -0.15) is 0 Å². The molecular formula is C24H24FN3O4. The number of imide groups is 1. The first-order valence-corrected chi connectivity index (χ1v) is 10.6. The molecule has 0 atom stereocenters. The summed E-state index contributed by atoms with van der Waals surface area (Å²) in [6.45, 7) is 4.45. The summed E-state index contributed by atoms with van der Waals surface area (Å²) in [6, 6.07) is 9.63. The summed E-state index contributed by atoms with van der Waals surface area (Å²) in [5.41, 5.74) is 1.33. The van der Waals surface area contributed by atoms with Gasteiger partial charge in [-0.25, -0.2) is 4.39 Å². The van der Waals surface area contributed by atoms with Gasteiger partial charge in [-0.15, -0.1) is 0 Å². The number of likely N-dealkylation sites (tertiary alicyclic amines) is 1. The fourth-order valence-electron chi connectivity index (χ4n) is 4.14. The summed E-state index contributed by atoms with van der Waals surface area (Å²) in [4.78, 5) is 53.2. The summed E-state index contributed by atoms with van der Waals surface area (Å²) >= 11 is 0. The molecule has 8 heteroatoms. The molecule has 32 heavy (non-hydrogen) atoms. The lowest BCUT2D eigenvalue weighted by Gasteiger charge is -2.32. The number of hydrogen-bond donors (Lipinski definition) is 1. The van der Waals surface area contributed by atoms with Crippen molar-refractivity contribution in [3.05, 3.63) is 70.5 Å². The summed E-state index contributed by atoms with van der Waals surface area (Å²) in [5.74, 6) is -1.60. The van der Waals surface area contributed by atoms with E-state index in [2.05, 4.69) is 5.32 Å². The highest BCUT2D eigenvalue weighted by Gasteiger charge is 2.38. The third-order valence-corrected chi connectivity index (χ3v) is 5.91. The third-order valence-electron chi connectivity index (χ3n) is 5.91. The van der Waals surface area contributed by atoms with Crippen LogP contribution in [0.1, 0.15) is 68.1 Å². The minimum atomic E-state index is -0.400. The highest BCUT2D eigenvalue weighted by molar-refractivity contribution is 6.22. The maximum Gasteiger partial charge on any atom is 0.261 e. The highest BCUT2D eigenvalue weighted by Crippen LogP contribution is 2.26. The predicted octanol–water partition coefficient (Wildman–Crippen LogP) is 2.86. The molecule has 4 amide bonds. The number of nitrogens with one attached hydrogen (secondary N) is 1. The van der Waals surface area contributed by atoms with E-state index in [1.54, 1.807) is 30.9 Å². The second kappa shape index (κ2) is 8.53. The second-order valence-corrected chi connectivity index (χ2v) is 8.38. The molecule has 2 aromatic rings. The Balaban J connectivity index is 1.38. The van der Waals surface area contributed by atoms with Crippen molar-refractivity contribution in [1.82, 2.24) is 15.1 Å². The molecule has 0 radical (unpaired) electrons. The molecule has 2 aliphatic heterocycles. The standard InChI is InChI=1S/C24H24FN3O4/c1-14(2)28-23(31)19-8-5-16(13-20(19)24(28)32)22(30)27-11-9-18(10-12-27)26-21(29)15-3-6-17(25)7-4-15/h3-8,13-14,18H,9-12H2,1-2H3,(H,26,29). The molecule has 1 N–H and O–H groups in total. The molecule has 2 heterocycles. The lowest BCUT2D eigenvalue weighted by molar-refractivity contribution is 0.0607. The van der Waals surface area contributed by atoms with Crippen molar-refractivity contribution in [1.29, 1.82) is 0 Å². The van der Waals surface area contributed by atoms with Crippen molar-refractivity contribution < 1.29 is 23.6 Å². The van der Waals surface area contributed by atoms with E-state index in [0.29, 0.717) is 42.6 Å². The predicted molar refractivity (Wildman–Crippen MR) is 115 cm³/mol. The van der Waals surface area contributed by atoms with Crippen molar-refractivity contribution in [3.63, 3.8) is 0 Å². The lowest BCUT2D eigenvalue weighted by atomic mass is 10.0. The van der Waals surface area contributed by atoms with Crippen LogP contribution in [0.3, 0.4) is 0 Å². The number of nitrogens with zero attached hydrogens (tertiary/aromatic N) is 2. The molecule has 1 saturated heterocycles. The van der Waals surface area contributed by atoms with E-state index in [0.717, 1.165) is 0 Å². The monoisotopic (exact) mass is 437 g/mol. The van der Waals surface area contributed by atoms with Crippen molar-refractivity contribution >= 4 is 23.6 Å². The van der Waals surface area contributed by atoms with Gasteiger partial charge < -0.3 is 10.2 Å². The quantitative estimate of drug-likeness (QED) is 0.746. The molecule has 0 unspecified atom stereocenters. The van der Waals surface area contributed by atoms with Crippen molar-refractivity contribution in [2.45, 2.75) is 38.8 Å². The van der Waals surface area contributed by atoms with E-state index in [1.165, 1.54) is 35.2 Å². The Bertz CT molecular complexity index is 1090. The van der Waals surface area contributed by atoms with E-state index in [4.69, 9.17) is 0 Å². The van der Waals surface area contributed by atoms with Gasteiger partial charge in [0.05, 0.1) is 11.1 Å². The van der Waals surface area contributed by atoms with Crippen molar-refractivity contribution in [2.24, 2.45) is 0 Å². The van der Waals surface area contributed by atoms with Crippen LogP contribution in [0.15, 0.2) is 42.5 Å². The van der Waals surface area contributed by atoms with Crippen molar-refractivity contribution in [3.8, 4) is 0 Å². The fourth-order valence-corrected chi connectivity index (χ4v) is 4.14. The van der Waals surface area contributed by atoms with E-state index < -0.39 is 5.82 Å². The zero-order valence-electron chi connectivity index (χ0n) is 17.9. The Labute approximate surface area is 185 Å². The zero-order valence-corrected chi connectivity index (χ0v) is 17.9. The first-order valence-electron chi connectivity index (χ1n) is 10.6. The number of carbonyl (C=O) groups is 4. The van der Waals surface area contributed by atoms with Crippen LogP contribution in [0, 0.1) is 5.82 Å². The third kappa shape index (κ3) is 4.00. The van der Waals surface area contributed by atoms with Crippen LogP contribution in [0.2, 0.25) is 0 Å². The number of hydrogen-bond acceptors (Lipinski definition) is 4. The number of fused-ring (bicyclic) bond motifs is 1. The van der Waals surface area contributed by atoms with Gasteiger partial charge in [0.2, 0.25) is 0 Å². The number of piperidine rings is 1. The summed E-state index contributed by atoms with van der Waals surface area (Å²) < 4.78 is 13.0. The summed E-state index contributed by atoms with van der Waals surface area (Å²) in [6.07, 6.45) is 1.17. The largest absolute Gasteiger partial charge is 0.349 e. The van der Waals surface area contributed by atoms with E-state index in [9.17, 15) is 23.6 Å². The number of halogens is 1. The first-order chi connectivity index (χ1) is 15.3. The average molecular weight is 437 g/mol. The van der Waals surface area contributed by atoms with Gasteiger partial charge in [-0.05, 0) is 69.2 Å². The number of amides is 4. The summed E-state index contributed by atoms with van der Waals surface area (Å²) in [7, 11) is 0. The van der Waals surface area contributed by atoms with Gasteiger partial charge >= 0.3 is 0 Å². The lowest BCUT2D eigenvalue weighted by Crippen LogP contribution is -2.46. The van der Waals surface area contributed by atoms with E-state index in [-0.39, 0.29) is 41.3 Å². The van der Waals surface area contributed by atoms with Gasteiger partial charge in [-0.1, -0.05) is 0 Å². The Hall–Kier alpha value is -3.55. The average Bonchev–Trinajstić information content (AvgIpc) is 3.04. The molecular weight excluding hydrogens is 413 g/mol. The van der Waals surface area contributed by atoms with Crippen LogP contribution < -0.4 is 5.32 Å². The Morgan fingerprint density at radius 1 is 0.938 bits per heavy atom. The fraction of sp³-hybridized carbons (Fsp3) is 0.333. The van der Waals surface area contributed by atoms with Crippen molar-refractivity contribution in [2.75, 3.05) is 13.1 Å². The van der Waals surface area contributed by atoms with Gasteiger partial charge in [0.25, 0.3) is 23.6 Å². The normalized spacial score (nSPS) is 16.5. The van der Waals surface area contributed by atoms with Gasteiger partial charge in [0, 0.05) is 36.3 Å². The van der Waals surface area contributed by atoms with Crippen LogP contribution in [0.5, 0.6) is 0 Å². The molecule has 2 aliphatic rings. The SMILES string of the molecule is CC(C)N1C(=O)c2ccc(C(=O)N3CCC(NC(=O)c4ccc(F)cc4)CC3)cc2C1=O. The topological polar surface area (TPSA) is 86.8 Å². The maximum atomic E-state index is 13.0. The van der Waals surface area contributed by atoms with Gasteiger partial charge in [0.15, 0.2) is 0 Å². The smallest absolute Gasteiger partial charge is 0.261 e. The number of carbonyl (C=O) groups excluding carboxylic acids is 4. The van der Waals surface area contributed by atoms with Gasteiger partial charge in [-0.3, -0.25) is 24.1 Å².